The van der Waals surface area contributed by atoms with Crippen LogP contribution in [0.4, 0.5) is 0 Å². The Kier molecular flexibility index (Phi) is 3.58. The van der Waals surface area contributed by atoms with Crippen molar-refractivity contribution in [1.29, 1.82) is 0 Å². The molecule has 0 aliphatic heterocycles. The van der Waals surface area contributed by atoms with E-state index in [1.54, 1.807) is 12.1 Å². The van der Waals surface area contributed by atoms with Crippen LogP contribution in [0.3, 0.4) is 0 Å². The van der Waals surface area contributed by atoms with Crippen LogP contribution in [-0.2, 0) is 6.42 Å². The number of hydrogen-bond acceptors (Lipinski definition) is 5. The van der Waals surface area contributed by atoms with Gasteiger partial charge in [-0.1, -0.05) is 5.16 Å². The number of aromatic nitrogens is 2. The molecule has 16 heavy (non-hydrogen) atoms. The lowest BCUT2D eigenvalue weighted by Crippen LogP contribution is -2.08. The van der Waals surface area contributed by atoms with Crippen molar-refractivity contribution in [2.75, 3.05) is 13.6 Å². The Bertz CT molecular complexity index is 452. The number of aryl methyl sites for hydroxylation is 1. The number of halogens is 1. The summed E-state index contributed by atoms with van der Waals surface area (Å²) in [7, 11) is 1.91. The van der Waals surface area contributed by atoms with Crippen molar-refractivity contribution in [2.45, 2.75) is 12.8 Å². The van der Waals surface area contributed by atoms with Crippen LogP contribution in [0.5, 0.6) is 0 Å². The fourth-order valence-corrected chi connectivity index (χ4v) is 1.45. The van der Waals surface area contributed by atoms with Crippen LogP contribution in [0.25, 0.3) is 11.7 Å². The molecule has 6 heteroatoms. The first kappa shape index (κ1) is 11.2. The maximum Gasteiger partial charge on any atom is 0.293 e. The van der Waals surface area contributed by atoms with Gasteiger partial charge in [-0.3, -0.25) is 0 Å². The summed E-state index contributed by atoms with van der Waals surface area (Å²) in [5, 5.41) is 7.22. The molecule has 2 heterocycles. The molecular formula is C10H12ClN3O2. The van der Waals surface area contributed by atoms with Crippen molar-refractivity contribution in [3.05, 3.63) is 23.2 Å². The van der Waals surface area contributed by atoms with Crippen LogP contribution >= 0.6 is 11.6 Å². The number of hydrogen-bond donors (Lipinski definition) is 1. The monoisotopic (exact) mass is 241 g/mol. The van der Waals surface area contributed by atoms with E-state index in [4.69, 9.17) is 20.5 Å². The highest BCUT2D eigenvalue weighted by atomic mass is 35.5. The third-order valence-electron chi connectivity index (χ3n) is 2.08. The van der Waals surface area contributed by atoms with Gasteiger partial charge in [-0.2, -0.15) is 4.98 Å². The molecule has 0 radical (unpaired) electrons. The summed E-state index contributed by atoms with van der Waals surface area (Å²) in [4.78, 5) is 4.21. The van der Waals surface area contributed by atoms with Gasteiger partial charge < -0.3 is 14.3 Å². The van der Waals surface area contributed by atoms with Gasteiger partial charge in [0.2, 0.25) is 0 Å². The normalized spacial score (nSPS) is 10.9. The van der Waals surface area contributed by atoms with Crippen molar-refractivity contribution < 1.29 is 8.94 Å². The summed E-state index contributed by atoms with van der Waals surface area (Å²) in [5.74, 6) is 1.54. The molecule has 86 valence electrons. The van der Waals surface area contributed by atoms with Crippen molar-refractivity contribution in [3.63, 3.8) is 0 Å². The first-order valence-corrected chi connectivity index (χ1v) is 5.40. The number of nitrogens with one attached hydrogen (secondary N) is 1. The van der Waals surface area contributed by atoms with Gasteiger partial charge in [0.25, 0.3) is 5.89 Å². The van der Waals surface area contributed by atoms with E-state index >= 15 is 0 Å². The molecule has 0 atom stereocenters. The minimum absolute atomic E-state index is 0.310. The maximum absolute atomic E-state index is 5.65. The Morgan fingerprint density at radius 2 is 2.31 bits per heavy atom. The second kappa shape index (κ2) is 5.14. The van der Waals surface area contributed by atoms with E-state index < -0.39 is 0 Å². The SMILES string of the molecule is CNCCCc1noc(-c2ccc(Cl)o2)n1. The Morgan fingerprint density at radius 1 is 1.44 bits per heavy atom. The molecule has 2 aromatic heterocycles. The fraction of sp³-hybridized carbons (Fsp3) is 0.400. The first-order valence-electron chi connectivity index (χ1n) is 5.02. The molecule has 0 aliphatic rings. The van der Waals surface area contributed by atoms with Crippen LogP contribution in [-0.4, -0.2) is 23.7 Å². The van der Waals surface area contributed by atoms with Crippen LogP contribution < -0.4 is 5.32 Å². The molecule has 2 aromatic rings. The molecule has 0 amide bonds. The van der Waals surface area contributed by atoms with Crippen molar-refractivity contribution in [1.82, 2.24) is 15.5 Å². The quantitative estimate of drug-likeness (QED) is 0.813. The smallest absolute Gasteiger partial charge is 0.293 e. The Hall–Kier alpha value is -1.33. The Labute approximate surface area is 97.8 Å². The first-order chi connectivity index (χ1) is 7.79. The van der Waals surface area contributed by atoms with Gasteiger partial charge in [0, 0.05) is 6.42 Å². The molecule has 0 aromatic carbocycles. The summed E-state index contributed by atoms with van der Waals surface area (Å²) >= 11 is 5.65. The molecule has 0 fully saturated rings. The summed E-state index contributed by atoms with van der Waals surface area (Å²) in [6, 6.07) is 3.34. The predicted molar refractivity (Wildman–Crippen MR) is 59.3 cm³/mol. The summed E-state index contributed by atoms with van der Waals surface area (Å²) < 4.78 is 10.2. The lowest BCUT2D eigenvalue weighted by molar-refractivity contribution is 0.408. The van der Waals surface area contributed by atoms with Gasteiger partial charge in [-0.05, 0) is 43.7 Å². The third-order valence-corrected chi connectivity index (χ3v) is 2.28. The Balaban J connectivity index is 2.02. The summed E-state index contributed by atoms with van der Waals surface area (Å²) in [5.41, 5.74) is 0. The highest BCUT2D eigenvalue weighted by Crippen LogP contribution is 2.22. The van der Waals surface area contributed by atoms with E-state index in [0.29, 0.717) is 22.7 Å². The third kappa shape index (κ3) is 2.62. The van der Waals surface area contributed by atoms with Gasteiger partial charge in [0.05, 0.1) is 0 Å². The molecular weight excluding hydrogens is 230 g/mol. The standard InChI is InChI=1S/C10H12ClN3O2/c1-12-6-2-3-9-13-10(16-14-9)7-4-5-8(11)15-7/h4-5,12H,2-3,6H2,1H3. The number of rotatable bonds is 5. The zero-order chi connectivity index (χ0) is 11.4. The second-order valence-electron chi connectivity index (χ2n) is 3.33. The lowest BCUT2D eigenvalue weighted by atomic mass is 10.3. The van der Waals surface area contributed by atoms with Crippen molar-refractivity contribution in [2.24, 2.45) is 0 Å². The van der Waals surface area contributed by atoms with Crippen molar-refractivity contribution in [3.8, 4) is 11.7 Å². The van der Waals surface area contributed by atoms with Gasteiger partial charge in [-0.25, -0.2) is 0 Å². The van der Waals surface area contributed by atoms with E-state index in [1.807, 2.05) is 7.05 Å². The van der Waals surface area contributed by atoms with E-state index in [-0.39, 0.29) is 0 Å². The van der Waals surface area contributed by atoms with Gasteiger partial charge in [0.1, 0.15) is 0 Å². The fourth-order valence-electron chi connectivity index (χ4n) is 1.31. The van der Waals surface area contributed by atoms with E-state index in [9.17, 15) is 0 Å². The molecule has 0 saturated heterocycles. The molecule has 0 aliphatic carbocycles. The highest BCUT2D eigenvalue weighted by Gasteiger charge is 2.11. The molecule has 1 N–H and O–H groups in total. The van der Waals surface area contributed by atoms with Crippen molar-refractivity contribution >= 4 is 11.6 Å². The zero-order valence-electron chi connectivity index (χ0n) is 8.86. The van der Waals surface area contributed by atoms with Gasteiger partial charge in [0.15, 0.2) is 16.8 Å². The maximum atomic E-state index is 5.65. The zero-order valence-corrected chi connectivity index (χ0v) is 9.62. The molecule has 5 nitrogen and oxygen atoms in total. The van der Waals surface area contributed by atoms with Crippen LogP contribution in [0, 0.1) is 0 Å². The van der Waals surface area contributed by atoms with Crippen LogP contribution in [0.15, 0.2) is 21.1 Å². The lowest BCUT2D eigenvalue weighted by Gasteiger charge is -1.93. The van der Waals surface area contributed by atoms with Gasteiger partial charge >= 0.3 is 0 Å². The second-order valence-corrected chi connectivity index (χ2v) is 3.70. The molecule has 0 spiro atoms. The summed E-state index contributed by atoms with van der Waals surface area (Å²) in [6.45, 7) is 0.927. The molecule has 0 unspecified atom stereocenters. The van der Waals surface area contributed by atoms with E-state index in [0.717, 1.165) is 19.4 Å². The minimum Gasteiger partial charge on any atom is -0.440 e. The van der Waals surface area contributed by atoms with Gasteiger partial charge in [-0.15, -0.1) is 0 Å². The molecule has 0 saturated carbocycles. The van der Waals surface area contributed by atoms with E-state index in [2.05, 4.69) is 15.5 Å². The van der Waals surface area contributed by atoms with Crippen LogP contribution in [0.2, 0.25) is 5.22 Å². The number of furan rings is 1. The average molecular weight is 242 g/mol. The largest absolute Gasteiger partial charge is 0.440 e. The molecule has 0 bridgehead atoms. The van der Waals surface area contributed by atoms with E-state index in [1.165, 1.54) is 0 Å². The minimum atomic E-state index is 0.310. The number of nitrogens with zero attached hydrogens (tertiary/aromatic N) is 2. The topological polar surface area (TPSA) is 64.1 Å². The summed E-state index contributed by atoms with van der Waals surface area (Å²) in [6.07, 6.45) is 1.74. The van der Waals surface area contributed by atoms with Crippen LogP contribution in [0.1, 0.15) is 12.2 Å². The Morgan fingerprint density at radius 3 is 3.00 bits per heavy atom. The highest BCUT2D eigenvalue weighted by molar-refractivity contribution is 6.28. The molecule has 2 rings (SSSR count). The predicted octanol–water partition coefficient (Wildman–Crippen LogP) is 2.13. The average Bonchev–Trinajstić information content (AvgIpc) is 2.87.